The van der Waals surface area contributed by atoms with Crippen molar-refractivity contribution in [1.82, 2.24) is 14.1 Å². The van der Waals surface area contributed by atoms with Gasteiger partial charge in [-0.1, -0.05) is 6.07 Å². The van der Waals surface area contributed by atoms with E-state index in [9.17, 15) is 31.9 Å². The van der Waals surface area contributed by atoms with Gasteiger partial charge in [0.25, 0.3) is 5.56 Å². The van der Waals surface area contributed by atoms with Gasteiger partial charge in [-0.15, -0.1) is 22.7 Å². The highest BCUT2D eigenvalue weighted by Crippen LogP contribution is 2.38. The summed E-state index contributed by atoms with van der Waals surface area (Å²) in [7, 11) is 2.83. The van der Waals surface area contributed by atoms with E-state index in [2.05, 4.69) is 4.98 Å². The number of fused-ring (bicyclic) bond motifs is 1. The van der Waals surface area contributed by atoms with Crippen LogP contribution in [0.4, 0.5) is 28.4 Å². The lowest BCUT2D eigenvalue weighted by molar-refractivity contribution is -0.140. The summed E-state index contributed by atoms with van der Waals surface area (Å²) < 4.78 is 54.7. The number of anilines is 2. The highest BCUT2D eigenvalue weighted by molar-refractivity contribution is 7.17. The zero-order valence-corrected chi connectivity index (χ0v) is 18.9. The summed E-state index contributed by atoms with van der Waals surface area (Å²) in [5.41, 5.74) is -2.02. The average Bonchev–Trinajstić information content (AvgIpc) is 3.38. The zero-order valence-electron chi connectivity index (χ0n) is 17.2. The Morgan fingerprint density at radius 3 is 2.39 bits per heavy atom. The van der Waals surface area contributed by atoms with Crippen LogP contribution < -0.4 is 16.1 Å². The molecule has 3 heterocycles. The topological polar surface area (TPSA) is 77.2 Å². The molecule has 13 heteroatoms. The van der Waals surface area contributed by atoms with E-state index in [0.29, 0.717) is 10.9 Å². The molecule has 0 bridgehead atoms. The first kappa shape index (κ1) is 22.9. The van der Waals surface area contributed by atoms with Gasteiger partial charge in [0, 0.05) is 37.3 Å². The van der Waals surface area contributed by atoms with E-state index in [1.165, 1.54) is 35.9 Å². The molecule has 0 atom stereocenters. The Labute approximate surface area is 190 Å². The number of aryl methyl sites for hydroxylation is 1. The molecule has 0 N–H and O–H groups in total. The van der Waals surface area contributed by atoms with E-state index >= 15 is 0 Å². The molecule has 7 nitrogen and oxygen atoms in total. The van der Waals surface area contributed by atoms with Gasteiger partial charge in [-0.05, 0) is 12.1 Å². The maximum absolute atomic E-state index is 14.0. The van der Waals surface area contributed by atoms with Gasteiger partial charge in [-0.2, -0.15) is 13.2 Å². The number of thiophene rings is 1. The lowest BCUT2D eigenvalue weighted by Gasteiger charge is -2.17. The highest BCUT2D eigenvalue weighted by atomic mass is 32.1. The zero-order chi connectivity index (χ0) is 24.2. The Morgan fingerprint density at radius 1 is 1.09 bits per heavy atom. The van der Waals surface area contributed by atoms with Gasteiger partial charge in [-0.3, -0.25) is 23.6 Å². The van der Waals surface area contributed by atoms with E-state index in [4.69, 9.17) is 0 Å². The molecular formula is C20H14F4N4O3S2. The van der Waals surface area contributed by atoms with Crippen molar-refractivity contribution in [3.63, 3.8) is 0 Å². The summed E-state index contributed by atoms with van der Waals surface area (Å²) in [6, 6.07) is 2.45. The molecule has 4 aromatic rings. The summed E-state index contributed by atoms with van der Waals surface area (Å²) in [5, 5.41) is 3.30. The number of alkyl halides is 3. The maximum Gasteiger partial charge on any atom is 0.419 e. The molecule has 1 amide bonds. The number of rotatable bonds is 3. The van der Waals surface area contributed by atoms with E-state index < -0.39 is 34.7 Å². The molecule has 0 unspecified atom stereocenters. The molecule has 0 spiro atoms. The van der Waals surface area contributed by atoms with Crippen molar-refractivity contribution in [3.8, 4) is 11.3 Å². The number of hydrogen-bond donors (Lipinski definition) is 0. The van der Waals surface area contributed by atoms with E-state index in [-0.39, 0.29) is 27.5 Å². The van der Waals surface area contributed by atoms with E-state index in [0.717, 1.165) is 39.4 Å². The normalized spacial score (nSPS) is 11.8. The van der Waals surface area contributed by atoms with Crippen molar-refractivity contribution < 1.29 is 22.4 Å². The maximum atomic E-state index is 14.0. The number of carbonyl (C=O) groups excluding carboxylic acids is 1. The Morgan fingerprint density at radius 2 is 1.79 bits per heavy atom. The molecule has 0 fully saturated rings. The number of carbonyl (C=O) groups is 1. The van der Waals surface area contributed by atoms with Gasteiger partial charge in [0.2, 0.25) is 5.91 Å². The monoisotopic (exact) mass is 498 g/mol. The van der Waals surface area contributed by atoms with Crippen LogP contribution in [0.5, 0.6) is 0 Å². The largest absolute Gasteiger partial charge is 0.419 e. The van der Waals surface area contributed by atoms with Crippen LogP contribution in [0.3, 0.4) is 0 Å². The van der Waals surface area contributed by atoms with Crippen LogP contribution in [0.1, 0.15) is 12.5 Å². The summed E-state index contributed by atoms with van der Waals surface area (Å²) >= 11 is 2.10. The average molecular weight is 498 g/mol. The van der Waals surface area contributed by atoms with Crippen LogP contribution in [-0.4, -0.2) is 20.0 Å². The fourth-order valence-electron chi connectivity index (χ4n) is 3.33. The third-order valence-corrected chi connectivity index (χ3v) is 6.83. The smallest absolute Gasteiger partial charge is 0.287 e. The number of amides is 1. The minimum Gasteiger partial charge on any atom is -0.287 e. The quantitative estimate of drug-likeness (QED) is 0.396. The number of hydrogen-bond acceptors (Lipinski definition) is 6. The second kappa shape index (κ2) is 7.92. The van der Waals surface area contributed by atoms with Crippen molar-refractivity contribution >= 4 is 49.6 Å². The second-order valence-corrected chi connectivity index (χ2v) is 8.76. The van der Waals surface area contributed by atoms with Crippen LogP contribution in [0.25, 0.3) is 21.5 Å². The summed E-state index contributed by atoms with van der Waals surface area (Å²) in [6.07, 6.45) is -4.83. The van der Waals surface area contributed by atoms with Crippen molar-refractivity contribution in [3.05, 3.63) is 61.2 Å². The van der Waals surface area contributed by atoms with Crippen LogP contribution in [0, 0.1) is 5.82 Å². The highest BCUT2D eigenvalue weighted by Gasteiger charge is 2.34. The fourth-order valence-corrected chi connectivity index (χ4v) is 5.21. The summed E-state index contributed by atoms with van der Waals surface area (Å²) in [6.45, 7) is 1.26. The number of nitrogens with zero attached hydrogens (tertiary/aromatic N) is 4. The van der Waals surface area contributed by atoms with Gasteiger partial charge < -0.3 is 0 Å². The summed E-state index contributed by atoms with van der Waals surface area (Å²) in [5.74, 6) is -1.92. The molecule has 0 aliphatic heterocycles. The molecule has 0 saturated heterocycles. The van der Waals surface area contributed by atoms with Crippen LogP contribution in [0.15, 0.2) is 38.5 Å². The van der Waals surface area contributed by atoms with Gasteiger partial charge in [0.05, 0.1) is 22.3 Å². The standard InChI is InChI=1S/C20H14F4N4O3S2/c1-9(29)28(14-8-32-17-15(14)16(30)26(2)19(31)27(17)3)18-25-13(7-33-18)10-4-5-11(12(21)6-10)20(22,23)24/h4-8H,1-3H3. The number of halogens is 4. The first-order chi connectivity index (χ1) is 15.4. The van der Waals surface area contributed by atoms with Gasteiger partial charge >= 0.3 is 11.9 Å². The Balaban J connectivity index is 1.83. The third-order valence-electron chi connectivity index (χ3n) is 4.96. The van der Waals surface area contributed by atoms with E-state index in [1.807, 2.05) is 0 Å². The van der Waals surface area contributed by atoms with Crippen LogP contribution in [0.2, 0.25) is 0 Å². The Hall–Kier alpha value is -3.32. The lowest BCUT2D eigenvalue weighted by atomic mass is 10.1. The Bertz CT molecular complexity index is 1530. The van der Waals surface area contributed by atoms with Crippen LogP contribution >= 0.6 is 22.7 Å². The SMILES string of the molecule is CC(=O)N(c1nc(-c2ccc(C(F)(F)F)c(F)c2)cs1)c1csc2c1c(=O)n(C)c(=O)n2C. The molecule has 0 aliphatic rings. The summed E-state index contributed by atoms with van der Waals surface area (Å²) in [4.78, 5) is 43.4. The van der Waals surface area contributed by atoms with Gasteiger partial charge in [-0.25, -0.2) is 14.2 Å². The molecule has 3 aromatic heterocycles. The molecule has 4 rings (SSSR count). The minimum atomic E-state index is -4.83. The molecule has 0 aliphatic carbocycles. The Kier molecular flexibility index (Phi) is 5.48. The predicted octanol–water partition coefficient (Wildman–Crippen LogP) is 4.26. The lowest BCUT2D eigenvalue weighted by Crippen LogP contribution is -2.37. The molecule has 172 valence electrons. The van der Waals surface area contributed by atoms with Crippen molar-refractivity contribution in [2.75, 3.05) is 4.90 Å². The van der Waals surface area contributed by atoms with Gasteiger partial charge in [0.1, 0.15) is 10.6 Å². The molecular weight excluding hydrogens is 484 g/mol. The predicted molar refractivity (Wildman–Crippen MR) is 118 cm³/mol. The third kappa shape index (κ3) is 3.76. The number of aromatic nitrogens is 3. The van der Waals surface area contributed by atoms with Crippen molar-refractivity contribution in [1.29, 1.82) is 0 Å². The van der Waals surface area contributed by atoms with Gasteiger partial charge in [0.15, 0.2) is 5.13 Å². The molecule has 1 aromatic carbocycles. The first-order valence-corrected chi connectivity index (χ1v) is 11.0. The second-order valence-electron chi connectivity index (χ2n) is 7.07. The fraction of sp³-hybridized carbons (Fsp3) is 0.200. The van der Waals surface area contributed by atoms with Crippen LogP contribution in [-0.2, 0) is 25.1 Å². The number of thiazole rings is 1. The minimum absolute atomic E-state index is 0.0972. The number of benzene rings is 1. The van der Waals surface area contributed by atoms with E-state index in [1.54, 1.807) is 5.38 Å². The van der Waals surface area contributed by atoms with Crippen molar-refractivity contribution in [2.24, 2.45) is 14.1 Å². The first-order valence-electron chi connectivity index (χ1n) is 9.22. The molecule has 0 saturated carbocycles. The molecule has 33 heavy (non-hydrogen) atoms. The van der Waals surface area contributed by atoms with Crippen molar-refractivity contribution in [2.45, 2.75) is 13.1 Å². The molecule has 0 radical (unpaired) electrons.